The van der Waals surface area contributed by atoms with Crippen molar-refractivity contribution in [1.82, 2.24) is 0 Å². The van der Waals surface area contributed by atoms with E-state index in [0.717, 1.165) is 0 Å². The maximum Gasteiger partial charge on any atom is 0.233 e. The van der Waals surface area contributed by atoms with Gasteiger partial charge in [-0.1, -0.05) is 0 Å². The number of ether oxygens (including phenoxy) is 1. The van der Waals surface area contributed by atoms with Crippen molar-refractivity contribution in [1.29, 1.82) is 0 Å². The van der Waals surface area contributed by atoms with Crippen LogP contribution in [-0.2, 0) is 4.79 Å². The molecule has 2 rings (SSSR count). The van der Waals surface area contributed by atoms with Crippen LogP contribution in [0.4, 0.5) is 15.8 Å². The zero-order valence-electron chi connectivity index (χ0n) is 9.13. The van der Waals surface area contributed by atoms with Crippen LogP contribution in [0, 0.1) is 11.2 Å². The summed E-state index contributed by atoms with van der Waals surface area (Å²) in [5.41, 5.74) is 5.34. The van der Waals surface area contributed by atoms with Crippen LogP contribution in [0.15, 0.2) is 12.1 Å². The maximum atomic E-state index is 13.5. The molecule has 1 aliphatic rings. The molecule has 1 aliphatic heterocycles. The van der Waals surface area contributed by atoms with Crippen molar-refractivity contribution < 1.29 is 13.9 Å². The van der Waals surface area contributed by atoms with Crippen LogP contribution in [0.1, 0.15) is 13.8 Å². The molecule has 1 heterocycles. The minimum atomic E-state index is -0.694. The van der Waals surface area contributed by atoms with Gasteiger partial charge < -0.3 is 15.8 Å². The van der Waals surface area contributed by atoms with E-state index in [0.29, 0.717) is 0 Å². The van der Waals surface area contributed by atoms with Crippen LogP contribution in [0.3, 0.4) is 0 Å². The Morgan fingerprint density at radius 2 is 2.19 bits per heavy atom. The Bertz CT molecular complexity index is 458. The average molecular weight is 224 g/mol. The van der Waals surface area contributed by atoms with E-state index in [4.69, 9.17) is 10.5 Å². The number of hydrogen-bond donors (Lipinski definition) is 2. The van der Waals surface area contributed by atoms with Crippen LogP contribution in [0.25, 0.3) is 0 Å². The molecule has 16 heavy (non-hydrogen) atoms. The third kappa shape index (κ3) is 1.68. The van der Waals surface area contributed by atoms with Gasteiger partial charge in [0.25, 0.3) is 0 Å². The van der Waals surface area contributed by atoms with Crippen LogP contribution in [0.5, 0.6) is 5.75 Å². The molecule has 0 atom stereocenters. The van der Waals surface area contributed by atoms with E-state index in [1.165, 1.54) is 12.1 Å². The highest BCUT2D eigenvalue weighted by atomic mass is 19.1. The van der Waals surface area contributed by atoms with Crippen molar-refractivity contribution in [3.05, 3.63) is 17.9 Å². The first kappa shape index (κ1) is 10.7. The molecule has 0 aliphatic carbocycles. The quantitative estimate of drug-likeness (QED) is 0.660. The molecule has 1 aromatic rings. The number of nitrogens with two attached hydrogens (primary N) is 1. The molecule has 0 aromatic heterocycles. The summed E-state index contributed by atoms with van der Waals surface area (Å²) in [7, 11) is 0. The topological polar surface area (TPSA) is 64.3 Å². The normalized spacial score (nSPS) is 18.1. The van der Waals surface area contributed by atoms with Crippen molar-refractivity contribution in [2.75, 3.05) is 17.7 Å². The lowest BCUT2D eigenvalue weighted by atomic mass is 9.94. The fraction of sp³-hybridized carbons (Fsp3) is 0.364. The summed E-state index contributed by atoms with van der Waals surface area (Å²) >= 11 is 0. The maximum absolute atomic E-state index is 13.5. The van der Waals surface area contributed by atoms with Crippen LogP contribution < -0.4 is 15.8 Å². The Labute approximate surface area is 92.6 Å². The SMILES string of the molecule is CC1(C)COc2c(F)cc(N)cc2NC1=O. The smallest absolute Gasteiger partial charge is 0.233 e. The van der Waals surface area contributed by atoms with Gasteiger partial charge in [0.15, 0.2) is 11.6 Å². The predicted octanol–water partition coefficient (Wildman–Crippen LogP) is 1.76. The van der Waals surface area contributed by atoms with Crippen LogP contribution in [-0.4, -0.2) is 12.5 Å². The van der Waals surface area contributed by atoms with Crippen molar-refractivity contribution >= 4 is 17.3 Å². The van der Waals surface area contributed by atoms with Crippen molar-refractivity contribution in [3.8, 4) is 5.75 Å². The summed E-state index contributed by atoms with van der Waals surface area (Å²) in [6.07, 6.45) is 0. The standard InChI is InChI=1S/C11H13FN2O2/c1-11(2)5-16-9-7(12)3-6(13)4-8(9)14-10(11)15/h3-4H,5,13H2,1-2H3,(H,14,15). The number of amides is 1. The first-order valence-corrected chi connectivity index (χ1v) is 4.93. The van der Waals surface area contributed by atoms with E-state index in [9.17, 15) is 9.18 Å². The van der Waals surface area contributed by atoms with Gasteiger partial charge in [-0.25, -0.2) is 4.39 Å². The molecule has 1 amide bonds. The summed E-state index contributed by atoms with van der Waals surface area (Å²) in [6, 6.07) is 2.65. The third-order valence-corrected chi connectivity index (χ3v) is 2.51. The lowest BCUT2D eigenvalue weighted by Gasteiger charge is -2.18. The summed E-state index contributed by atoms with van der Waals surface area (Å²) in [5.74, 6) is -0.725. The predicted molar refractivity (Wildman–Crippen MR) is 58.7 cm³/mol. The lowest BCUT2D eigenvalue weighted by Crippen LogP contribution is -2.33. The Kier molecular flexibility index (Phi) is 2.26. The third-order valence-electron chi connectivity index (χ3n) is 2.51. The number of nitrogen functional groups attached to an aromatic ring is 1. The second-order valence-corrected chi connectivity index (χ2v) is 4.51. The average Bonchev–Trinajstić information content (AvgIpc) is 2.25. The molecular weight excluding hydrogens is 211 g/mol. The van der Waals surface area contributed by atoms with E-state index < -0.39 is 11.2 Å². The van der Waals surface area contributed by atoms with E-state index >= 15 is 0 Å². The van der Waals surface area contributed by atoms with Crippen molar-refractivity contribution in [2.24, 2.45) is 5.41 Å². The number of carbonyl (C=O) groups excluding carboxylic acids is 1. The summed E-state index contributed by atoms with van der Waals surface area (Å²) in [5, 5.41) is 2.61. The molecule has 0 radical (unpaired) electrons. The number of halogens is 1. The number of hydrogen-bond acceptors (Lipinski definition) is 3. The van der Waals surface area contributed by atoms with E-state index in [1.54, 1.807) is 13.8 Å². The fourth-order valence-corrected chi connectivity index (χ4v) is 1.46. The summed E-state index contributed by atoms with van der Waals surface area (Å²) in [4.78, 5) is 11.8. The van der Waals surface area contributed by atoms with Crippen LogP contribution in [0.2, 0.25) is 0 Å². The Morgan fingerprint density at radius 3 is 2.88 bits per heavy atom. The minimum Gasteiger partial charge on any atom is -0.487 e. The molecule has 0 spiro atoms. The fourth-order valence-electron chi connectivity index (χ4n) is 1.46. The largest absolute Gasteiger partial charge is 0.487 e. The molecule has 0 saturated carbocycles. The van der Waals surface area contributed by atoms with Crippen molar-refractivity contribution in [2.45, 2.75) is 13.8 Å². The van der Waals surface area contributed by atoms with Gasteiger partial charge in [-0.15, -0.1) is 0 Å². The molecule has 0 bridgehead atoms. The summed E-state index contributed by atoms with van der Waals surface area (Å²) in [6.45, 7) is 3.59. The minimum absolute atomic E-state index is 0.0492. The summed E-state index contributed by atoms with van der Waals surface area (Å²) < 4.78 is 18.8. The van der Waals surface area contributed by atoms with Gasteiger partial charge >= 0.3 is 0 Å². The number of rotatable bonds is 0. The van der Waals surface area contributed by atoms with Gasteiger partial charge in [-0.05, 0) is 19.9 Å². The number of fused-ring (bicyclic) bond motifs is 1. The number of benzene rings is 1. The highest BCUT2D eigenvalue weighted by Crippen LogP contribution is 2.35. The highest BCUT2D eigenvalue weighted by molar-refractivity contribution is 5.97. The molecule has 3 N–H and O–H groups in total. The van der Waals surface area contributed by atoms with Gasteiger partial charge in [0.05, 0.1) is 11.1 Å². The monoisotopic (exact) mass is 224 g/mol. The molecule has 86 valence electrons. The number of carbonyl (C=O) groups is 1. The highest BCUT2D eigenvalue weighted by Gasteiger charge is 2.33. The second kappa shape index (κ2) is 3.37. The zero-order valence-corrected chi connectivity index (χ0v) is 9.13. The Hall–Kier alpha value is -1.78. The molecule has 4 nitrogen and oxygen atoms in total. The van der Waals surface area contributed by atoms with Gasteiger partial charge in [-0.3, -0.25) is 4.79 Å². The van der Waals surface area contributed by atoms with Crippen molar-refractivity contribution in [3.63, 3.8) is 0 Å². The molecule has 0 fully saturated rings. The van der Waals surface area contributed by atoms with Gasteiger partial charge in [0, 0.05) is 11.8 Å². The number of anilines is 2. The first-order chi connectivity index (χ1) is 7.40. The number of nitrogens with one attached hydrogen (secondary N) is 1. The van der Waals surface area contributed by atoms with E-state index in [1.807, 2.05) is 0 Å². The molecule has 5 heteroatoms. The van der Waals surface area contributed by atoms with Gasteiger partial charge in [0.1, 0.15) is 6.61 Å². The lowest BCUT2D eigenvalue weighted by molar-refractivity contribution is -0.124. The molecule has 1 aromatic carbocycles. The zero-order chi connectivity index (χ0) is 11.9. The second-order valence-electron chi connectivity index (χ2n) is 4.51. The van der Waals surface area contributed by atoms with E-state index in [-0.39, 0.29) is 29.6 Å². The van der Waals surface area contributed by atoms with E-state index in [2.05, 4.69) is 5.32 Å². The first-order valence-electron chi connectivity index (χ1n) is 4.93. The molecular formula is C11H13FN2O2. The Balaban J connectivity index is 2.49. The Morgan fingerprint density at radius 1 is 1.50 bits per heavy atom. The van der Waals surface area contributed by atoms with Crippen LogP contribution >= 0.6 is 0 Å². The molecule has 0 saturated heterocycles. The molecule has 0 unspecified atom stereocenters. The van der Waals surface area contributed by atoms with Gasteiger partial charge in [0.2, 0.25) is 5.91 Å². The van der Waals surface area contributed by atoms with Gasteiger partial charge in [-0.2, -0.15) is 0 Å².